The third-order valence-corrected chi connectivity index (χ3v) is 5.92. The summed E-state index contributed by atoms with van der Waals surface area (Å²) < 4.78 is 1.51. The molecule has 0 radical (unpaired) electrons. The van der Waals surface area contributed by atoms with Gasteiger partial charge in [0.2, 0.25) is 0 Å². The number of hydroxylamine groups is 2. The van der Waals surface area contributed by atoms with Crippen LogP contribution in [0.25, 0.3) is 16.6 Å². The topological polar surface area (TPSA) is 76.5 Å². The highest BCUT2D eigenvalue weighted by atomic mass is 16.7. The Bertz CT molecular complexity index is 1190. The highest BCUT2D eigenvalue weighted by Gasteiger charge is 2.24. The van der Waals surface area contributed by atoms with Crippen molar-refractivity contribution in [3.63, 3.8) is 0 Å². The van der Waals surface area contributed by atoms with E-state index >= 15 is 0 Å². The average Bonchev–Trinajstić information content (AvgIpc) is 3.60. The number of benzene rings is 2. The van der Waals surface area contributed by atoms with Crippen LogP contribution in [0.2, 0.25) is 0 Å². The predicted octanol–water partition coefficient (Wildman–Crippen LogP) is 3.37. The van der Waals surface area contributed by atoms with Gasteiger partial charge in [0.25, 0.3) is 11.5 Å². The third kappa shape index (κ3) is 4.18. The summed E-state index contributed by atoms with van der Waals surface area (Å²) in [6, 6.07) is 11.1. The number of carbonyl (C=O) groups excluding carboxylic acids is 1. The molecule has 2 heterocycles. The van der Waals surface area contributed by atoms with Crippen molar-refractivity contribution in [2.45, 2.75) is 45.1 Å². The number of hydrogen-bond acceptors (Lipinski definition) is 5. The lowest BCUT2D eigenvalue weighted by Crippen LogP contribution is -2.32. The smallest absolute Gasteiger partial charge is 0.265 e. The van der Waals surface area contributed by atoms with Gasteiger partial charge in [0, 0.05) is 24.7 Å². The van der Waals surface area contributed by atoms with E-state index in [1.165, 1.54) is 17.3 Å². The summed E-state index contributed by atoms with van der Waals surface area (Å²) in [5.41, 5.74) is 2.53. The summed E-state index contributed by atoms with van der Waals surface area (Å²) in [6.07, 6.45) is 7.04. The number of aryl methyl sites for hydroxylation is 1. The Balaban J connectivity index is 1.50. The van der Waals surface area contributed by atoms with Crippen LogP contribution in [0.4, 0.5) is 0 Å². The van der Waals surface area contributed by atoms with E-state index in [9.17, 15) is 9.59 Å². The Kier molecular flexibility index (Phi) is 5.19. The summed E-state index contributed by atoms with van der Waals surface area (Å²) >= 11 is 0. The van der Waals surface area contributed by atoms with Crippen molar-refractivity contribution >= 4 is 16.8 Å². The lowest BCUT2D eigenvalue weighted by atomic mass is 10.1. The van der Waals surface area contributed by atoms with Gasteiger partial charge < -0.3 is 10.2 Å². The first kappa shape index (κ1) is 19.8. The molecular formula is C24H26N4O3. The van der Waals surface area contributed by atoms with Crippen molar-refractivity contribution < 1.29 is 9.63 Å². The van der Waals surface area contributed by atoms with Crippen molar-refractivity contribution in [1.29, 1.82) is 0 Å². The van der Waals surface area contributed by atoms with Gasteiger partial charge in [-0.05, 0) is 68.5 Å². The molecule has 0 spiro atoms. The van der Waals surface area contributed by atoms with Gasteiger partial charge in [-0.1, -0.05) is 12.5 Å². The summed E-state index contributed by atoms with van der Waals surface area (Å²) in [5.74, 6) is 0.531. The van der Waals surface area contributed by atoms with Crippen molar-refractivity contribution in [3.05, 3.63) is 64.2 Å². The van der Waals surface area contributed by atoms with Crippen LogP contribution in [0, 0.1) is 6.92 Å². The molecule has 5 rings (SSSR count). The first-order chi connectivity index (χ1) is 15.1. The normalized spacial score (nSPS) is 16.9. The Hall–Kier alpha value is -3.19. The maximum atomic E-state index is 13.3. The Morgan fingerprint density at radius 3 is 2.68 bits per heavy atom. The number of nitrogens with zero attached hydrogens (tertiary/aromatic N) is 3. The number of fused-ring (bicyclic) bond motifs is 1. The zero-order chi connectivity index (χ0) is 21.4. The fourth-order valence-electron chi connectivity index (χ4n) is 3.94. The van der Waals surface area contributed by atoms with Gasteiger partial charge in [-0.2, -0.15) is 0 Å². The highest BCUT2D eigenvalue weighted by molar-refractivity contribution is 5.95. The van der Waals surface area contributed by atoms with Gasteiger partial charge in [-0.25, -0.2) is 4.98 Å². The molecule has 2 aromatic carbocycles. The SMILES string of the molecule is Cc1ccc(C(=O)NC2CC2)cc1-n1cnc2ccc(ON3CCCCC3)cc2c1=O. The second kappa shape index (κ2) is 8.15. The molecule has 1 aliphatic heterocycles. The molecule has 1 amide bonds. The molecule has 160 valence electrons. The average molecular weight is 418 g/mol. The lowest BCUT2D eigenvalue weighted by Gasteiger charge is -2.26. The molecule has 1 N–H and O–H groups in total. The van der Waals surface area contributed by atoms with E-state index in [0.717, 1.165) is 44.3 Å². The van der Waals surface area contributed by atoms with Gasteiger partial charge >= 0.3 is 0 Å². The minimum Gasteiger partial charge on any atom is -0.406 e. The quantitative estimate of drug-likeness (QED) is 0.688. The maximum absolute atomic E-state index is 13.3. The summed E-state index contributed by atoms with van der Waals surface area (Å²) in [6.45, 7) is 3.71. The molecule has 7 nitrogen and oxygen atoms in total. The van der Waals surface area contributed by atoms with Crippen LogP contribution < -0.4 is 15.7 Å². The number of carbonyl (C=O) groups is 1. The Morgan fingerprint density at radius 1 is 1.10 bits per heavy atom. The molecule has 2 fully saturated rings. The molecule has 2 aliphatic rings. The minimum atomic E-state index is -0.183. The van der Waals surface area contributed by atoms with Crippen LogP contribution in [-0.2, 0) is 0 Å². The monoisotopic (exact) mass is 418 g/mol. The van der Waals surface area contributed by atoms with Crippen LogP contribution in [0.5, 0.6) is 5.75 Å². The van der Waals surface area contributed by atoms with Crippen molar-refractivity contribution in [3.8, 4) is 11.4 Å². The molecule has 7 heteroatoms. The van der Waals surface area contributed by atoms with E-state index in [0.29, 0.717) is 27.9 Å². The Labute approximate surface area is 180 Å². The van der Waals surface area contributed by atoms with Gasteiger partial charge in [-0.3, -0.25) is 14.2 Å². The second-order valence-corrected chi connectivity index (χ2v) is 8.43. The van der Waals surface area contributed by atoms with Gasteiger partial charge in [0.05, 0.1) is 16.6 Å². The van der Waals surface area contributed by atoms with Gasteiger partial charge in [0.1, 0.15) is 12.1 Å². The van der Waals surface area contributed by atoms with E-state index in [1.807, 2.05) is 30.2 Å². The molecule has 0 atom stereocenters. The van der Waals surface area contributed by atoms with Crippen LogP contribution >= 0.6 is 0 Å². The molecule has 0 unspecified atom stereocenters. The van der Waals surface area contributed by atoms with Crippen LogP contribution in [0.3, 0.4) is 0 Å². The van der Waals surface area contributed by atoms with Crippen LogP contribution in [0.15, 0.2) is 47.5 Å². The summed E-state index contributed by atoms with van der Waals surface area (Å²) in [4.78, 5) is 36.3. The van der Waals surface area contributed by atoms with E-state index in [2.05, 4.69) is 10.3 Å². The zero-order valence-corrected chi connectivity index (χ0v) is 17.6. The second-order valence-electron chi connectivity index (χ2n) is 8.43. The van der Waals surface area contributed by atoms with Crippen LogP contribution in [0.1, 0.15) is 48.0 Å². The molecule has 1 aliphatic carbocycles. The van der Waals surface area contributed by atoms with Crippen molar-refractivity contribution in [1.82, 2.24) is 19.9 Å². The first-order valence-corrected chi connectivity index (χ1v) is 10.9. The lowest BCUT2D eigenvalue weighted by molar-refractivity contribution is -0.0718. The van der Waals surface area contributed by atoms with E-state index in [4.69, 9.17) is 4.84 Å². The number of hydrogen-bond donors (Lipinski definition) is 1. The zero-order valence-electron chi connectivity index (χ0n) is 17.6. The van der Waals surface area contributed by atoms with E-state index in [-0.39, 0.29) is 17.5 Å². The largest absolute Gasteiger partial charge is 0.406 e. The number of aromatic nitrogens is 2. The fourth-order valence-corrected chi connectivity index (χ4v) is 3.94. The molecular weight excluding hydrogens is 392 g/mol. The number of amides is 1. The molecule has 31 heavy (non-hydrogen) atoms. The summed E-state index contributed by atoms with van der Waals surface area (Å²) in [7, 11) is 0. The van der Waals surface area contributed by atoms with Gasteiger partial charge in [0.15, 0.2) is 0 Å². The highest BCUT2D eigenvalue weighted by Crippen LogP contribution is 2.22. The maximum Gasteiger partial charge on any atom is 0.265 e. The van der Waals surface area contributed by atoms with Crippen molar-refractivity contribution in [2.75, 3.05) is 13.1 Å². The van der Waals surface area contributed by atoms with Crippen LogP contribution in [-0.4, -0.2) is 39.7 Å². The number of piperidine rings is 1. The molecule has 1 saturated carbocycles. The Morgan fingerprint density at radius 2 is 1.90 bits per heavy atom. The molecule has 1 saturated heterocycles. The minimum absolute atomic E-state index is 0.109. The molecule has 1 aromatic heterocycles. The predicted molar refractivity (Wildman–Crippen MR) is 119 cm³/mol. The van der Waals surface area contributed by atoms with E-state index < -0.39 is 0 Å². The molecule has 3 aromatic rings. The standard InChI is InChI=1S/C24H26N4O3/c1-16-5-6-17(23(29)26-18-7-8-18)13-22(16)28-15-25-21-10-9-19(14-20(21)24(28)30)31-27-11-3-2-4-12-27/h5-6,9-10,13-15,18H,2-4,7-8,11-12H2,1H3,(H,26,29). The van der Waals surface area contributed by atoms with Crippen molar-refractivity contribution in [2.24, 2.45) is 0 Å². The third-order valence-electron chi connectivity index (χ3n) is 5.92. The molecule has 0 bridgehead atoms. The van der Waals surface area contributed by atoms with E-state index in [1.54, 1.807) is 18.2 Å². The fraction of sp³-hybridized carbons (Fsp3) is 0.375. The van der Waals surface area contributed by atoms with Gasteiger partial charge in [-0.15, -0.1) is 5.06 Å². The number of rotatable bonds is 5. The first-order valence-electron chi connectivity index (χ1n) is 10.9. The summed E-state index contributed by atoms with van der Waals surface area (Å²) in [5, 5.41) is 5.44. The number of nitrogens with one attached hydrogen (secondary N) is 1.